The Labute approximate surface area is 128 Å². The number of pyridine rings is 1. The summed E-state index contributed by atoms with van der Waals surface area (Å²) in [5, 5.41) is 0. The highest BCUT2D eigenvalue weighted by Gasteiger charge is 2.38. The summed E-state index contributed by atoms with van der Waals surface area (Å²) in [7, 11) is 1.67. The number of ether oxygens (including phenoxy) is 2. The Morgan fingerprint density at radius 3 is 2.43 bits per heavy atom. The van der Waals surface area contributed by atoms with E-state index in [9.17, 15) is 0 Å². The van der Waals surface area contributed by atoms with Gasteiger partial charge in [-0.2, -0.15) is 0 Å². The van der Waals surface area contributed by atoms with E-state index < -0.39 is 0 Å². The molecule has 1 heterocycles. The second-order valence-electron chi connectivity index (χ2n) is 6.98. The van der Waals surface area contributed by atoms with Crippen molar-refractivity contribution in [2.75, 3.05) is 13.7 Å². The number of aryl methyl sites for hydroxylation is 1. The first-order chi connectivity index (χ1) is 9.88. The monoisotopic (exact) mass is 292 g/mol. The van der Waals surface area contributed by atoms with E-state index in [0.29, 0.717) is 18.6 Å². The summed E-state index contributed by atoms with van der Waals surface area (Å²) in [6.45, 7) is 7.68. The van der Waals surface area contributed by atoms with E-state index in [-0.39, 0.29) is 5.60 Å². The molecule has 21 heavy (non-hydrogen) atoms. The van der Waals surface area contributed by atoms with E-state index in [4.69, 9.17) is 15.2 Å². The lowest BCUT2D eigenvalue weighted by Gasteiger charge is -2.42. The van der Waals surface area contributed by atoms with Crippen LogP contribution in [0.4, 0.5) is 0 Å². The van der Waals surface area contributed by atoms with Crippen molar-refractivity contribution in [3.8, 4) is 5.75 Å². The minimum atomic E-state index is -0.186. The first-order valence-electron chi connectivity index (χ1n) is 7.74. The predicted molar refractivity (Wildman–Crippen MR) is 84.3 cm³/mol. The van der Waals surface area contributed by atoms with Gasteiger partial charge in [0.25, 0.3) is 0 Å². The van der Waals surface area contributed by atoms with Crippen molar-refractivity contribution in [2.45, 2.75) is 58.7 Å². The molecule has 0 bridgehead atoms. The molecule has 1 aliphatic rings. The van der Waals surface area contributed by atoms with E-state index in [2.05, 4.69) is 18.8 Å². The van der Waals surface area contributed by atoms with Gasteiger partial charge >= 0.3 is 0 Å². The third kappa shape index (κ3) is 4.17. The van der Waals surface area contributed by atoms with E-state index in [0.717, 1.165) is 42.8 Å². The topological polar surface area (TPSA) is 57.4 Å². The van der Waals surface area contributed by atoms with Crippen LogP contribution in [-0.4, -0.2) is 24.2 Å². The van der Waals surface area contributed by atoms with Crippen LogP contribution in [0.5, 0.6) is 5.75 Å². The van der Waals surface area contributed by atoms with Gasteiger partial charge in [0.2, 0.25) is 0 Å². The van der Waals surface area contributed by atoms with E-state index in [1.165, 1.54) is 0 Å². The molecule has 1 aromatic heterocycles. The van der Waals surface area contributed by atoms with Gasteiger partial charge in [-0.05, 0) is 38.0 Å². The summed E-state index contributed by atoms with van der Waals surface area (Å²) in [4.78, 5) is 4.51. The molecule has 1 aromatic rings. The Balaban J connectivity index is 2.02. The molecule has 4 heteroatoms. The van der Waals surface area contributed by atoms with Gasteiger partial charge in [0.1, 0.15) is 5.75 Å². The third-order valence-electron chi connectivity index (χ3n) is 4.63. The molecule has 1 saturated carbocycles. The van der Waals surface area contributed by atoms with Gasteiger partial charge in [0.15, 0.2) is 0 Å². The fourth-order valence-corrected chi connectivity index (χ4v) is 2.91. The molecule has 0 spiro atoms. The largest absolute Gasteiger partial charge is 0.497 e. The van der Waals surface area contributed by atoms with Gasteiger partial charge in [-0.1, -0.05) is 13.8 Å². The lowest BCUT2D eigenvalue weighted by Crippen LogP contribution is -2.45. The van der Waals surface area contributed by atoms with Gasteiger partial charge in [0.05, 0.1) is 25.0 Å². The molecule has 0 unspecified atom stereocenters. The summed E-state index contributed by atoms with van der Waals surface area (Å²) in [5.74, 6) is 0.827. The lowest BCUT2D eigenvalue weighted by molar-refractivity contribution is -0.0914. The summed E-state index contributed by atoms with van der Waals surface area (Å²) in [6, 6.07) is 3.86. The second kappa shape index (κ2) is 6.32. The summed E-state index contributed by atoms with van der Waals surface area (Å²) >= 11 is 0. The van der Waals surface area contributed by atoms with E-state index >= 15 is 0 Å². The number of hydrogen-bond donors (Lipinski definition) is 1. The Kier molecular flexibility index (Phi) is 4.89. The van der Waals surface area contributed by atoms with Crippen LogP contribution in [0.2, 0.25) is 0 Å². The summed E-state index contributed by atoms with van der Waals surface area (Å²) < 4.78 is 11.5. The molecule has 1 fully saturated rings. The maximum Gasteiger partial charge on any atom is 0.122 e. The fraction of sp³-hybridized carbons (Fsp3) is 0.706. The zero-order valence-electron chi connectivity index (χ0n) is 13.7. The quantitative estimate of drug-likeness (QED) is 0.905. The molecule has 0 saturated heterocycles. The highest BCUT2D eigenvalue weighted by atomic mass is 16.5. The molecule has 0 radical (unpaired) electrons. The second-order valence-corrected chi connectivity index (χ2v) is 6.98. The maximum atomic E-state index is 6.21. The van der Waals surface area contributed by atoms with Crippen LogP contribution in [0, 0.1) is 12.3 Å². The van der Waals surface area contributed by atoms with Crippen molar-refractivity contribution in [1.29, 1.82) is 0 Å². The number of rotatable bonds is 5. The van der Waals surface area contributed by atoms with Crippen molar-refractivity contribution >= 4 is 0 Å². The zero-order valence-corrected chi connectivity index (χ0v) is 13.7. The van der Waals surface area contributed by atoms with E-state index in [1.54, 1.807) is 7.11 Å². The van der Waals surface area contributed by atoms with Gasteiger partial charge in [-0.15, -0.1) is 0 Å². The van der Waals surface area contributed by atoms with Gasteiger partial charge in [-0.3, -0.25) is 4.98 Å². The van der Waals surface area contributed by atoms with Crippen LogP contribution in [-0.2, 0) is 11.3 Å². The fourth-order valence-electron chi connectivity index (χ4n) is 2.91. The van der Waals surface area contributed by atoms with Crippen molar-refractivity contribution in [2.24, 2.45) is 11.1 Å². The minimum Gasteiger partial charge on any atom is -0.497 e. The average Bonchev–Trinajstić information content (AvgIpc) is 2.46. The predicted octanol–water partition coefficient (Wildman–Crippen LogP) is 3.21. The Morgan fingerprint density at radius 1 is 1.19 bits per heavy atom. The molecule has 0 aliphatic heterocycles. The standard InChI is InChI=1S/C17H28N2O2/c1-13-9-15(20-4)10-14(19-13)11-21-17(12-18)7-5-16(2,3)6-8-17/h9-10H,5-8,11-12,18H2,1-4H3. The van der Waals surface area contributed by atoms with Crippen molar-refractivity contribution in [3.05, 3.63) is 23.5 Å². The molecule has 2 N–H and O–H groups in total. The first kappa shape index (κ1) is 16.2. The number of aromatic nitrogens is 1. The van der Waals surface area contributed by atoms with Crippen LogP contribution >= 0.6 is 0 Å². The minimum absolute atomic E-state index is 0.186. The molecule has 2 rings (SSSR count). The van der Waals surface area contributed by atoms with Crippen LogP contribution in [0.3, 0.4) is 0 Å². The number of hydrogen-bond acceptors (Lipinski definition) is 4. The van der Waals surface area contributed by atoms with Crippen LogP contribution < -0.4 is 10.5 Å². The van der Waals surface area contributed by atoms with E-state index in [1.807, 2.05) is 19.1 Å². The number of nitrogens with zero attached hydrogens (tertiary/aromatic N) is 1. The molecule has 118 valence electrons. The molecule has 4 nitrogen and oxygen atoms in total. The lowest BCUT2D eigenvalue weighted by atomic mass is 9.71. The molecule has 1 aliphatic carbocycles. The summed E-state index contributed by atoms with van der Waals surface area (Å²) in [6.07, 6.45) is 4.38. The Hall–Kier alpha value is -1.13. The first-order valence-corrected chi connectivity index (χ1v) is 7.74. The maximum absolute atomic E-state index is 6.21. The molecular weight excluding hydrogens is 264 g/mol. The van der Waals surface area contributed by atoms with Gasteiger partial charge in [0, 0.05) is 24.4 Å². The van der Waals surface area contributed by atoms with Crippen LogP contribution in [0.15, 0.2) is 12.1 Å². The molecular formula is C17H28N2O2. The summed E-state index contributed by atoms with van der Waals surface area (Å²) in [5.41, 5.74) is 8.08. The Bertz CT molecular complexity index is 476. The third-order valence-corrected chi connectivity index (χ3v) is 4.63. The SMILES string of the molecule is COc1cc(C)nc(COC2(CN)CCC(C)(C)CC2)c1. The average molecular weight is 292 g/mol. The van der Waals surface area contributed by atoms with Crippen LogP contribution in [0.1, 0.15) is 50.9 Å². The van der Waals surface area contributed by atoms with Gasteiger partial charge < -0.3 is 15.2 Å². The number of methoxy groups -OCH3 is 1. The van der Waals surface area contributed by atoms with Gasteiger partial charge in [-0.25, -0.2) is 0 Å². The highest BCUT2D eigenvalue weighted by molar-refractivity contribution is 5.26. The normalized spacial score (nSPS) is 20.2. The zero-order chi connectivity index (χ0) is 15.5. The molecule has 0 aromatic carbocycles. The van der Waals surface area contributed by atoms with Crippen molar-refractivity contribution < 1.29 is 9.47 Å². The van der Waals surface area contributed by atoms with Crippen molar-refractivity contribution in [3.63, 3.8) is 0 Å². The molecule has 0 atom stereocenters. The highest BCUT2D eigenvalue weighted by Crippen LogP contribution is 2.41. The van der Waals surface area contributed by atoms with Crippen LogP contribution in [0.25, 0.3) is 0 Å². The van der Waals surface area contributed by atoms with Crippen molar-refractivity contribution in [1.82, 2.24) is 4.98 Å². The smallest absolute Gasteiger partial charge is 0.122 e. The Morgan fingerprint density at radius 2 is 1.86 bits per heavy atom. The molecule has 0 amide bonds. The number of nitrogens with two attached hydrogens (primary N) is 1.